The predicted octanol–water partition coefficient (Wildman–Crippen LogP) is 2.93. The second kappa shape index (κ2) is 6.74. The van der Waals surface area contributed by atoms with Crippen molar-refractivity contribution in [3.8, 4) is 0 Å². The number of hydrogen-bond donors (Lipinski definition) is 0. The maximum Gasteiger partial charge on any atom is 0.356 e. The highest BCUT2D eigenvalue weighted by molar-refractivity contribution is 7.92. The molecule has 0 N–H and O–H groups in total. The minimum absolute atomic E-state index is 0.429. The van der Waals surface area contributed by atoms with E-state index in [-0.39, 0.29) is 0 Å². The SMILES string of the molecule is CCC(Cn1cncn1)(c1ccc(F)cc1F)C(F)(F)S(=O)(=O)CC. The first-order valence-corrected chi connectivity index (χ1v) is 9.14. The number of nitrogens with zero attached hydrogens (tertiary/aromatic N) is 3. The molecule has 0 fully saturated rings. The maximum atomic E-state index is 15.2. The molecule has 10 heteroatoms. The minimum Gasteiger partial charge on any atom is -0.252 e. The Hall–Kier alpha value is -1.97. The van der Waals surface area contributed by atoms with Crippen molar-refractivity contribution >= 4 is 9.84 Å². The van der Waals surface area contributed by atoms with Crippen LogP contribution >= 0.6 is 0 Å². The Balaban J connectivity index is 2.78. The molecule has 0 bridgehead atoms. The topological polar surface area (TPSA) is 64.8 Å². The van der Waals surface area contributed by atoms with E-state index in [4.69, 9.17) is 0 Å². The van der Waals surface area contributed by atoms with Crippen molar-refractivity contribution < 1.29 is 26.0 Å². The zero-order valence-corrected chi connectivity index (χ0v) is 14.4. The summed E-state index contributed by atoms with van der Waals surface area (Å²) in [5.74, 6) is -3.02. The molecule has 0 saturated carbocycles. The van der Waals surface area contributed by atoms with E-state index in [1.54, 1.807) is 0 Å². The molecule has 0 spiro atoms. The molecular weight excluding hydrogens is 362 g/mol. The van der Waals surface area contributed by atoms with Crippen molar-refractivity contribution in [2.75, 3.05) is 5.75 Å². The van der Waals surface area contributed by atoms with Gasteiger partial charge in [-0.1, -0.05) is 19.9 Å². The largest absolute Gasteiger partial charge is 0.356 e. The minimum atomic E-state index is -4.90. The molecule has 1 aromatic carbocycles. The number of rotatable bonds is 7. The van der Waals surface area contributed by atoms with Crippen molar-refractivity contribution in [1.82, 2.24) is 14.8 Å². The van der Waals surface area contributed by atoms with Crippen molar-refractivity contribution in [1.29, 1.82) is 0 Å². The summed E-state index contributed by atoms with van der Waals surface area (Å²) >= 11 is 0. The second-order valence-corrected chi connectivity index (χ2v) is 7.89. The van der Waals surface area contributed by atoms with Crippen LogP contribution in [0, 0.1) is 11.6 Å². The zero-order chi connectivity index (χ0) is 18.9. The fraction of sp³-hybridized carbons (Fsp3) is 0.467. The summed E-state index contributed by atoms with van der Waals surface area (Å²) < 4.78 is 83.2. The van der Waals surface area contributed by atoms with Gasteiger partial charge in [-0.3, -0.25) is 4.68 Å². The smallest absolute Gasteiger partial charge is 0.252 e. The fourth-order valence-electron chi connectivity index (χ4n) is 2.79. The summed E-state index contributed by atoms with van der Waals surface area (Å²) in [4.78, 5) is 3.64. The van der Waals surface area contributed by atoms with Crippen LogP contribution in [0.1, 0.15) is 25.8 Å². The average molecular weight is 379 g/mol. The third kappa shape index (κ3) is 3.14. The van der Waals surface area contributed by atoms with Crippen molar-refractivity contribution in [2.24, 2.45) is 0 Å². The zero-order valence-electron chi connectivity index (χ0n) is 13.6. The first kappa shape index (κ1) is 19.4. The Labute approximate surface area is 142 Å². The van der Waals surface area contributed by atoms with Crippen LogP contribution in [0.15, 0.2) is 30.9 Å². The van der Waals surface area contributed by atoms with Gasteiger partial charge in [0, 0.05) is 11.6 Å². The van der Waals surface area contributed by atoms with Gasteiger partial charge in [-0.25, -0.2) is 22.2 Å². The van der Waals surface area contributed by atoms with Crippen LogP contribution in [0.3, 0.4) is 0 Å². The Kier molecular flexibility index (Phi) is 5.22. The van der Waals surface area contributed by atoms with Crippen LogP contribution in [0.5, 0.6) is 0 Å². The van der Waals surface area contributed by atoms with Gasteiger partial charge in [0.25, 0.3) is 0 Å². The Bertz CT molecular complexity index is 840. The molecule has 1 aromatic heterocycles. The van der Waals surface area contributed by atoms with Gasteiger partial charge in [0.05, 0.1) is 17.7 Å². The van der Waals surface area contributed by atoms with Crippen LogP contribution in [0.25, 0.3) is 0 Å². The maximum absolute atomic E-state index is 15.2. The molecule has 0 amide bonds. The van der Waals surface area contributed by atoms with Crippen LogP contribution in [-0.2, 0) is 21.8 Å². The van der Waals surface area contributed by atoms with Gasteiger partial charge >= 0.3 is 5.25 Å². The molecule has 2 aromatic rings. The van der Waals surface area contributed by atoms with Gasteiger partial charge in [0.2, 0.25) is 9.84 Å². The molecule has 0 aliphatic rings. The third-order valence-corrected chi connectivity index (χ3v) is 6.21. The lowest BCUT2D eigenvalue weighted by Crippen LogP contribution is -2.54. The Morgan fingerprint density at radius 2 is 1.88 bits per heavy atom. The lowest BCUT2D eigenvalue weighted by Gasteiger charge is -2.39. The predicted molar refractivity (Wildman–Crippen MR) is 82.8 cm³/mol. The number of hydrogen-bond acceptors (Lipinski definition) is 4. The first-order chi connectivity index (χ1) is 11.6. The highest BCUT2D eigenvalue weighted by Gasteiger charge is 2.62. The van der Waals surface area contributed by atoms with Gasteiger partial charge in [-0.05, 0) is 12.5 Å². The summed E-state index contributed by atoms with van der Waals surface area (Å²) in [6, 6.07) is 2.12. The number of alkyl halides is 2. The van der Waals surface area contributed by atoms with E-state index in [2.05, 4.69) is 10.1 Å². The van der Waals surface area contributed by atoms with E-state index in [1.165, 1.54) is 6.92 Å². The Morgan fingerprint density at radius 3 is 2.36 bits per heavy atom. The molecular formula is C15H17F4N3O2S. The monoisotopic (exact) mass is 379 g/mol. The van der Waals surface area contributed by atoms with Crippen LogP contribution in [0.4, 0.5) is 17.6 Å². The molecule has 138 valence electrons. The quantitative estimate of drug-likeness (QED) is 0.694. The normalized spacial score (nSPS) is 15.1. The van der Waals surface area contributed by atoms with Crippen LogP contribution in [-0.4, -0.2) is 34.2 Å². The van der Waals surface area contributed by atoms with Gasteiger partial charge in [-0.2, -0.15) is 13.9 Å². The molecule has 5 nitrogen and oxygen atoms in total. The van der Waals surface area contributed by atoms with Crippen LogP contribution < -0.4 is 0 Å². The molecule has 0 radical (unpaired) electrons. The second-order valence-electron chi connectivity index (χ2n) is 5.57. The fourth-order valence-corrected chi connectivity index (χ4v) is 4.07. The first-order valence-electron chi connectivity index (χ1n) is 7.49. The number of aromatic nitrogens is 3. The lowest BCUT2D eigenvalue weighted by atomic mass is 9.77. The van der Waals surface area contributed by atoms with Crippen LogP contribution in [0.2, 0.25) is 0 Å². The highest BCUT2D eigenvalue weighted by atomic mass is 32.2. The summed E-state index contributed by atoms with van der Waals surface area (Å²) in [6.07, 6.45) is 1.79. The average Bonchev–Trinajstić information content (AvgIpc) is 3.05. The third-order valence-electron chi connectivity index (χ3n) is 4.28. The molecule has 1 atom stereocenters. The van der Waals surface area contributed by atoms with Crippen molar-refractivity contribution in [2.45, 2.75) is 37.5 Å². The van der Waals surface area contributed by atoms with Gasteiger partial charge < -0.3 is 0 Å². The van der Waals surface area contributed by atoms with Gasteiger partial charge in [-0.15, -0.1) is 0 Å². The van der Waals surface area contributed by atoms with Gasteiger partial charge in [0.15, 0.2) is 0 Å². The number of benzene rings is 1. The van der Waals surface area contributed by atoms with Crippen molar-refractivity contribution in [3.05, 3.63) is 48.1 Å². The van der Waals surface area contributed by atoms with E-state index >= 15 is 8.78 Å². The highest BCUT2D eigenvalue weighted by Crippen LogP contribution is 2.48. The van der Waals surface area contributed by atoms with E-state index < -0.39 is 56.4 Å². The molecule has 1 heterocycles. The summed E-state index contributed by atoms with van der Waals surface area (Å²) in [5.41, 5.74) is -3.07. The number of sulfone groups is 1. The van der Waals surface area contributed by atoms with E-state index in [1.807, 2.05) is 0 Å². The summed E-state index contributed by atoms with van der Waals surface area (Å²) in [5, 5.41) is -0.587. The lowest BCUT2D eigenvalue weighted by molar-refractivity contribution is -0.0146. The van der Waals surface area contributed by atoms with E-state index in [0.717, 1.165) is 36.4 Å². The molecule has 1 unspecified atom stereocenters. The Morgan fingerprint density at radius 1 is 1.20 bits per heavy atom. The molecule has 25 heavy (non-hydrogen) atoms. The molecule has 0 saturated heterocycles. The molecule has 2 rings (SSSR count). The van der Waals surface area contributed by atoms with E-state index in [9.17, 15) is 17.2 Å². The molecule has 0 aliphatic heterocycles. The summed E-state index contributed by atoms with van der Waals surface area (Å²) in [6.45, 7) is 1.76. The van der Waals surface area contributed by atoms with E-state index in [0.29, 0.717) is 6.07 Å². The van der Waals surface area contributed by atoms with Crippen molar-refractivity contribution in [3.63, 3.8) is 0 Å². The summed E-state index contributed by atoms with van der Waals surface area (Å²) in [7, 11) is -4.90. The number of halogens is 4. The van der Waals surface area contributed by atoms with Gasteiger partial charge in [0.1, 0.15) is 24.3 Å². The standard InChI is InChI=1S/C15H17F4N3O2S/c1-3-14(8-22-10-20-9-21-22,15(18,19)25(23,24)4-2)12-6-5-11(16)7-13(12)17/h5-7,9-10H,3-4,8H2,1-2H3. The molecule has 0 aliphatic carbocycles.